The van der Waals surface area contributed by atoms with Gasteiger partial charge < -0.3 is 9.47 Å². The number of rotatable bonds is 12. The maximum Gasteiger partial charge on any atom is 0.411 e. The number of thioether (sulfide) groups is 1. The molecule has 0 aliphatic heterocycles. The fourth-order valence-electron chi connectivity index (χ4n) is 7.00. The largest absolute Gasteiger partial charge is 0.483 e. The summed E-state index contributed by atoms with van der Waals surface area (Å²) < 4.78 is 116. The lowest BCUT2D eigenvalue weighted by Gasteiger charge is -2.39. The smallest absolute Gasteiger partial charge is 0.411 e. The number of aryl methyl sites for hydroxylation is 2. The van der Waals surface area contributed by atoms with Crippen LogP contribution in [-0.4, -0.2) is 27.4 Å². The van der Waals surface area contributed by atoms with E-state index >= 15 is 26.3 Å². The first-order valence-corrected chi connectivity index (χ1v) is 21.1. The van der Waals surface area contributed by atoms with Crippen LogP contribution in [0.1, 0.15) is 61.9 Å². The van der Waals surface area contributed by atoms with Gasteiger partial charge in [0.15, 0.2) is 0 Å². The highest BCUT2D eigenvalue weighted by molar-refractivity contribution is 8.00. The fourth-order valence-corrected chi connectivity index (χ4v) is 9.16. The molecular weight excluding hydrogens is 826 g/mol. The van der Waals surface area contributed by atoms with Gasteiger partial charge in [0.2, 0.25) is 5.41 Å². The van der Waals surface area contributed by atoms with Crippen LogP contribution in [0.15, 0.2) is 154 Å². The van der Waals surface area contributed by atoms with Crippen molar-refractivity contribution in [2.24, 2.45) is 0 Å². The van der Waals surface area contributed by atoms with Gasteiger partial charge in [-0.05, 0) is 149 Å². The molecule has 3 nitrogen and oxygen atoms in total. The number of hydrogen-bond acceptors (Lipinski definition) is 4. The van der Waals surface area contributed by atoms with E-state index in [2.05, 4.69) is 30.3 Å². The number of ether oxygens (including phenoxy) is 2. The normalized spacial score (nSPS) is 15.7. The summed E-state index contributed by atoms with van der Waals surface area (Å²) in [4.78, 5) is 1.56. The molecule has 5 aromatic carbocycles. The predicted octanol–water partition coefficient (Wildman–Crippen LogP) is 14.4. The predicted molar refractivity (Wildman–Crippen MR) is 224 cm³/mol. The lowest BCUT2D eigenvalue weighted by atomic mass is 9.71. The van der Waals surface area contributed by atoms with Gasteiger partial charge in [-0.2, -0.15) is 26.3 Å². The molecule has 0 heterocycles. The van der Waals surface area contributed by atoms with Gasteiger partial charge in [-0.1, -0.05) is 66.3 Å². The molecule has 0 amide bonds. The molecule has 0 N–H and O–H groups in total. The summed E-state index contributed by atoms with van der Waals surface area (Å²) in [6.07, 6.45) is -4.78. The van der Waals surface area contributed by atoms with Crippen LogP contribution in [0.4, 0.5) is 26.3 Å². The molecule has 0 fully saturated rings. The van der Waals surface area contributed by atoms with E-state index in [1.807, 2.05) is 32.9 Å². The van der Waals surface area contributed by atoms with Crippen LogP contribution in [0.25, 0.3) is 0 Å². The van der Waals surface area contributed by atoms with Crippen molar-refractivity contribution < 1.29 is 40.0 Å². The van der Waals surface area contributed by atoms with Crippen molar-refractivity contribution in [1.29, 1.82) is 0 Å². The molecule has 1 aliphatic carbocycles. The van der Waals surface area contributed by atoms with Crippen molar-refractivity contribution in [2.45, 2.75) is 96.1 Å². The van der Waals surface area contributed by atoms with Crippen LogP contribution in [0.3, 0.4) is 0 Å². The van der Waals surface area contributed by atoms with Crippen molar-refractivity contribution >= 4 is 34.2 Å². The van der Waals surface area contributed by atoms with Gasteiger partial charge in [0.1, 0.15) is 22.8 Å². The molecule has 2 atom stereocenters. The van der Waals surface area contributed by atoms with Gasteiger partial charge in [-0.25, -0.2) is 4.21 Å². The number of halogens is 7. The Morgan fingerprint density at radius 2 is 1.19 bits per heavy atom. The molecule has 5 aromatic rings. The summed E-state index contributed by atoms with van der Waals surface area (Å²) in [5.41, 5.74) is -4.65. The van der Waals surface area contributed by atoms with E-state index in [4.69, 9.17) is 21.1 Å². The summed E-state index contributed by atoms with van der Waals surface area (Å²) in [5, 5.41) is 0.196. The second kappa shape index (κ2) is 16.9. The van der Waals surface area contributed by atoms with E-state index in [1.54, 1.807) is 62.0 Å². The lowest BCUT2D eigenvalue weighted by molar-refractivity contribution is -0.288. The fraction of sp³-hybridized carbons (Fsp3) is 0.277. The van der Waals surface area contributed by atoms with E-state index < -0.39 is 50.2 Å². The Morgan fingerprint density at radius 1 is 0.678 bits per heavy atom. The summed E-state index contributed by atoms with van der Waals surface area (Å²) >= 11 is 8.09. The minimum Gasteiger partial charge on any atom is -0.483 e. The lowest BCUT2D eigenvalue weighted by Crippen LogP contribution is -2.55. The number of hydrogen-bond donors (Lipinski definition) is 0. The van der Waals surface area contributed by atoms with Gasteiger partial charge in [-0.15, -0.1) is 23.4 Å². The van der Waals surface area contributed by atoms with E-state index in [0.717, 1.165) is 58.9 Å². The van der Waals surface area contributed by atoms with Crippen molar-refractivity contribution in [3.05, 3.63) is 167 Å². The molecule has 6 rings (SSSR count). The molecule has 2 unspecified atom stereocenters. The van der Waals surface area contributed by atoms with Crippen molar-refractivity contribution in [1.82, 2.24) is 0 Å². The molecule has 59 heavy (non-hydrogen) atoms. The zero-order chi connectivity index (χ0) is 43.0. The van der Waals surface area contributed by atoms with Crippen molar-refractivity contribution in [3.63, 3.8) is 0 Å². The first-order chi connectivity index (χ1) is 27.6. The topological polar surface area (TPSA) is 35.5 Å². The van der Waals surface area contributed by atoms with Crippen molar-refractivity contribution in [3.8, 4) is 17.2 Å². The monoisotopic (exact) mass is 868 g/mol. The van der Waals surface area contributed by atoms with Crippen LogP contribution in [0.5, 0.6) is 17.2 Å². The Bertz CT molecular complexity index is 2330. The Morgan fingerprint density at radius 3 is 1.68 bits per heavy atom. The van der Waals surface area contributed by atoms with Crippen LogP contribution in [0, 0.1) is 13.8 Å². The quantitative estimate of drug-likeness (QED) is 0.0924. The van der Waals surface area contributed by atoms with Gasteiger partial charge in [-0.3, -0.25) is 0 Å². The summed E-state index contributed by atoms with van der Waals surface area (Å²) in [6, 6.07) is 28.4. The number of alkyl halides is 7. The van der Waals surface area contributed by atoms with E-state index in [0.29, 0.717) is 9.79 Å². The third kappa shape index (κ3) is 9.63. The van der Waals surface area contributed by atoms with E-state index in [-0.39, 0.29) is 28.1 Å². The summed E-state index contributed by atoms with van der Waals surface area (Å²) in [5.74, 6) is 0.381. The molecule has 0 saturated heterocycles. The van der Waals surface area contributed by atoms with E-state index in [1.165, 1.54) is 30.7 Å². The summed E-state index contributed by atoms with van der Waals surface area (Å²) in [6.45, 7) is 10.6. The van der Waals surface area contributed by atoms with Crippen molar-refractivity contribution in [2.75, 3.05) is 0 Å². The average molecular weight is 869 g/mol. The molecule has 0 aromatic heterocycles. The SMILES string of the molecule is Cc1ccc(SC2C=CC(C(C)(C)Oc3ccc(C(c4ccc(Oc5ccc(S(=O)c6ccc(C(C)(C)Cl)cc6)cc5)cc4)(C(F)(F)F)C(F)(F)F)c(C)c3)=CC2)cc1. The maximum atomic E-state index is 15.1. The highest BCUT2D eigenvalue weighted by atomic mass is 35.5. The van der Waals surface area contributed by atoms with Gasteiger partial charge in [0, 0.05) is 19.9 Å². The van der Waals surface area contributed by atoms with Crippen LogP contribution in [-0.2, 0) is 21.1 Å². The molecule has 0 saturated carbocycles. The third-order valence-corrected chi connectivity index (χ3v) is 13.0. The molecule has 1 aliphatic rings. The van der Waals surface area contributed by atoms with Crippen LogP contribution >= 0.6 is 23.4 Å². The first kappa shape index (κ1) is 44.1. The number of benzene rings is 5. The molecule has 0 radical (unpaired) electrons. The summed E-state index contributed by atoms with van der Waals surface area (Å²) in [7, 11) is -1.53. The Balaban J connectivity index is 1.19. The highest BCUT2D eigenvalue weighted by Crippen LogP contribution is 2.57. The zero-order valence-electron chi connectivity index (χ0n) is 33.2. The Labute approximate surface area is 352 Å². The van der Waals surface area contributed by atoms with Crippen LogP contribution < -0.4 is 9.47 Å². The molecule has 12 heteroatoms. The molecule has 0 bridgehead atoms. The minimum atomic E-state index is -5.78. The maximum absolute atomic E-state index is 15.1. The Kier molecular flexibility index (Phi) is 12.6. The van der Waals surface area contributed by atoms with E-state index in [9.17, 15) is 4.21 Å². The third-order valence-electron chi connectivity index (χ3n) is 10.2. The van der Waals surface area contributed by atoms with Gasteiger partial charge in [0.25, 0.3) is 0 Å². The second-order valence-corrected chi connectivity index (χ2v) is 19.2. The molecule has 0 spiro atoms. The van der Waals surface area contributed by atoms with Crippen LogP contribution in [0.2, 0.25) is 0 Å². The zero-order valence-corrected chi connectivity index (χ0v) is 35.6. The van der Waals surface area contributed by atoms with Gasteiger partial charge >= 0.3 is 12.4 Å². The van der Waals surface area contributed by atoms with Gasteiger partial charge in [0.05, 0.1) is 15.7 Å². The average Bonchev–Trinajstić information content (AvgIpc) is 3.16. The number of allylic oxidation sites excluding steroid dienone is 1. The highest BCUT2D eigenvalue weighted by Gasteiger charge is 2.73. The first-order valence-electron chi connectivity index (χ1n) is 18.7. The minimum absolute atomic E-state index is 0.00832. The Hall–Kier alpha value is -4.45. The standard InChI is InChI=1S/C47H43ClF6O3S2/c1-30-7-20-38(21-8-30)58-39-22-11-33(12-23-39)44(5,6)57-37-19-28-42(31(2)29-37)45(46(49,50)51,47(52,53)54)34-9-15-35(16-10-34)56-36-17-26-41(27-18-36)59(55)40-24-13-32(14-25-40)43(3,4)48/h7-22,24-29,39H,23H2,1-6H3. The molecular formula is C47H43ClF6O3S2. The second-order valence-electron chi connectivity index (χ2n) is 15.4. The molecule has 310 valence electrons.